The molecule has 0 unspecified atom stereocenters. The van der Waals surface area contributed by atoms with Gasteiger partial charge < -0.3 is 9.64 Å². The molecule has 0 radical (unpaired) electrons. The minimum atomic E-state index is -4.37. The van der Waals surface area contributed by atoms with Crippen LogP contribution >= 0.6 is 11.6 Å². The highest BCUT2D eigenvalue weighted by molar-refractivity contribution is 6.30. The van der Waals surface area contributed by atoms with Gasteiger partial charge in [-0.15, -0.1) is 0 Å². The zero-order valence-electron chi connectivity index (χ0n) is 20.7. The van der Waals surface area contributed by atoms with E-state index in [4.69, 9.17) is 16.3 Å². The van der Waals surface area contributed by atoms with Gasteiger partial charge in [0.15, 0.2) is 0 Å². The SMILES string of the molecule is CCc1ccc(C(=O)N2CCN(C[C@H](OCc3ccc(C(F)(F)F)cc3)c3ccc(Cl)cc3)CC2)cc1. The van der Waals surface area contributed by atoms with Crippen molar-refractivity contribution in [3.05, 3.63) is 106 Å². The molecule has 0 bridgehead atoms. The lowest BCUT2D eigenvalue weighted by Crippen LogP contribution is -2.49. The van der Waals surface area contributed by atoms with Gasteiger partial charge in [-0.3, -0.25) is 9.69 Å². The predicted octanol–water partition coefficient (Wildman–Crippen LogP) is 6.64. The molecule has 0 aliphatic carbocycles. The topological polar surface area (TPSA) is 32.8 Å². The highest BCUT2D eigenvalue weighted by Crippen LogP contribution is 2.30. The fourth-order valence-corrected chi connectivity index (χ4v) is 4.48. The molecule has 0 saturated carbocycles. The number of aryl methyl sites for hydroxylation is 1. The van der Waals surface area contributed by atoms with E-state index in [2.05, 4.69) is 11.8 Å². The van der Waals surface area contributed by atoms with Gasteiger partial charge in [0.1, 0.15) is 0 Å². The molecule has 8 heteroatoms. The Morgan fingerprint density at radius 3 is 2.05 bits per heavy atom. The van der Waals surface area contributed by atoms with Gasteiger partial charge >= 0.3 is 6.18 Å². The minimum Gasteiger partial charge on any atom is -0.368 e. The predicted molar refractivity (Wildman–Crippen MR) is 139 cm³/mol. The van der Waals surface area contributed by atoms with Crippen LogP contribution in [0.15, 0.2) is 72.8 Å². The van der Waals surface area contributed by atoms with E-state index in [1.807, 2.05) is 41.3 Å². The number of amides is 1. The van der Waals surface area contributed by atoms with E-state index >= 15 is 0 Å². The molecule has 0 N–H and O–H groups in total. The summed E-state index contributed by atoms with van der Waals surface area (Å²) in [5.41, 5.74) is 2.82. The molecule has 1 saturated heterocycles. The van der Waals surface area contributed by atoms with Crippen molar-refractivity contribution in [2.24, 2.45) is 0 Å². The summed E-state index contributed by atoms with van der Waals surface area (Å²) >= 11 is 6.07. The van der Waals surface area contributed by atoms with Gasteiger partial charge in [0.05, 0.1) is 18.3 Å². The first kappa shape index (κ1) is 27.2. The van der Waals surface area contributed by atoms with Gasteiger partial charge in [-0.05, 0) is 59.5 Å². The number of carbonyl (C=O) groups excluding carboxylic acids is 1. The number of halogens is 4. The molecule has 0 spiro atoms. The van der Waals surface area contributed by atoms with Gasteiger partial charge in [-0.25, -0.2) is 0 Å². The van der Waals surface area contributed by atoms with Gasteiger partial charge in [0.2, 0.25) is 0 Å². The number of carbonyl (C=O) groups is 1. The minimum absolute atomic E-state index is 0.0371. The van der Waals surface area contributed by atoms with E-state index in [0.29, 0.717) is 48.9 Å². The standard InChI is InChI=1S/C29H30ClF3N2O2/c1-2-21-3-7-24(8-4-21)28(36)35-17-15-34(16-18-35)19-27(23-9-13-26(30)14-10-23)37-20-22-5-11-25(12-6-22)29(31,32)33/h3-14,27H,2,15-20H2,1H3/t27-/m0/s1. The normalized spacial score (nSPS) is 15.5. The molecule has 196 valence electrons. The molecule has 1 aliphatic rings. The van der Waals surface area contributed by atoms with E-state index in [1.54, 1.807) is 12.1 Å². The van der Waals surface area contributed by atoms with Gasteiger partial charge in [0.25, 0.3) is 5.91 Å². The van der Waals surface area contributed by atoms with Crippen molar-refractivity contribution in [1.82, 2.24) is 9.80 Å². The number of piperazine rings is 1. The fraction of sp³-hybridized carbons (Fsp3) is 0.345. The second-order valence-corrected chi connectivity index (χ2v) is 9.63. The van der Waals surface area contributed by atoms with Crippen molar-refractivity contribution < 1.29 is 22.7 Å². The molecule has 1 fully saturated rings. The number of rotatable bonds is 8. The average molecular weight is 531 g/mol. The molecular formula is C29H30ClF3N2O2. The first-order chi connectivity index (χ1) is 17.7. The third-order valence-corrected chi connectivity index (χ3v) is 6.92. The molecule has 37 heavy (non-hydrogen) atoms. The van der Waals surface area contributed by atoms with Crippen LogP contribution < -0.4 is 0 Å². The van der Waals surface area contributed by atoms with Crippen molar-refractivity contribution >= 4 is 17.5 Å². The molecular weight excluding hydrogens is 501 g/mol. The maximum Gasteiger partial charge on any atom is 0.416 e. The second-order valence-electron chi connectivity index (χ2n) is 9.19. The van der Waals surface area contributed by atoms with Crippen LogP contribution in [0, 0.1) is 0 Å². The number of alkyl halides is 3. The van der Waals surface area contributed by atoms with Crippen molar-refractivity contribution in [2.45, 2.75) is 32.2 Å². The molecule has 1 atom stereocenters. The lowest BCUT2D eigenvalue weighted by Gasteiger charge is -2.36. The Morgan fingerprint density at radius 2 is 1.49 bits per heavy atom. The third-order valence-electron chi connectivity index (χ3n) is 6.67. The summed E-state index contributed by atoms with van der Waals surface area (Å²) in [5, 5.41) is 0.615. The fourth-order valence-electron chi connectivity index (χ4n) is 4.35. The molecule has 4 nitrogen and oxygen atoms in total. The largest absolute Gasteiger partial charge is 0.416 e. The number of nitrogens with zero attached hydrogens (tertiary/aromatic N) is 2. The quantitative estimate of drug-likeness (QED) is 0.327. The van der Waals surface area contributed by atoms with Crippen LogP contribution in [-0.4, -0.2) is 48.4 Å². The molecule has 1 heterocycles. The van der Waals surface area contributed by atoms with Crippen molar-refractivity contribution in [3.8, 4) is 0 Å². The van der Waals surface area contributed by atoms with Crippen molar-refractivity contribution in [1.29, 1.82) is 0 Å². The van der Waals surface area contributed by atoms with Gasteiger partial charge in [-0.1, -0.05) is 54.9 Å². The van der Waals surface area contributed by atoms with E-state index in [9.17, 15) is 18.0 Å². The summed E-state index contributed by atoms with van der Waals surface area (Å²) in [6.07, 6.45) is -3.74. The van der Waals surface area contributed by atoms with Crippen LogP contribution in [0.3, 0.4) is 0 Å². The van der Waals surface area contributed by atoms with Crippen LogP contribution in [-0.2, 0) is 23.9 Å². The highest BCUT2D eigenvalue weighted by Gasteiger charge is 2.30. The molecule has 1 aliphatic heterocycles. The van der Waals surface area contributed by atoms with E-state index in [0.717, 1.165) is 24.1 Å². The van der Waals surface area contributed by atoms with Crippen LogP contribution in [0.25, 0.3) is 0 Å². The summed E-state index contributed by atoms with van der Waals surface area (Å²) in [4.78, 5) is 17.0. The van der Waals surface area contributed by atoms with E-state index < -0.39 is 11.7 Å². The van der Waals surface area contributed by atoms with Crippen LogP contribution in [0.5, 0.6) is 0 Å². The molecule has 3 aromatic carbocycles. The number of benzene rings is 3. The van der Waals surface area contributed by atoms with Crippen LogP contribution in [0.2, 0.25) is 5.02 Å². The Kier molecular flexibility index (Phi) is 8.90. The average Bonchev–Trinajstić information content (AvgIpc) is 2.91. The summed E-state index contributed by atoms with van der Waals surface area (Å²) in [6, 6.07) is 20.2. The zero-order chi connectivity index (χ0) is 26.4. The van der Waals surface area contributed by atoms with Crippen LogP contribution in [0.1, 0.15) is 45.6 Å². The molecule has 4 rings (SSSR count). The first-order valence-corrected chi connectivity index (χ1v) is 12.7. The molecule has 1 amide bonds. The summed E-state index contributed by atoms with van der Waals surface area (Å²) in [6.45, 7) is 5.48. The number of hydrogen-bond donors (Lipinski definition) is 0. The summed E-state index contributed by atoms with van der Waals surface area (Å²) < 4.78 is 44.8. The second kappa shape index (κ2) is 12.1. The van der Waals surface area contributed by atoms with Gasteiger partial charge in [-0.2, -0.15) is 13.2 Å². The van der Waals surface area contributed by atoms with Crippen LogP contribution in [0.4, 0.5) is 13.2 Å². The molecule has 0 aromatic heterocycles. The van der Waals surface area contributed by atoms with E-state index in [1.165, 1.54) is 17.7 Å². The number of hydrogen-bond acceptors (Lipinski definition) is 3. The maximum absolute atomic E-state index is 12.9. The Balaban J connectivity index is 1.37. The smallest absolute Gasteiger partial charge is 0.368 e. The Bertz CT molecular complexity index is 1160. The monoisotopic (exact) mass is 530 g/mol. The summed E-state index contributed by atoms with van der Waals surface area (Å²) in [7, 11) is 0. The Morgan fingerprint density at radius 1 is 0.892 bits per heavy atom. The van der Waals surface area contributed by atoms with E-state index in [-0.39, 0.29) is 18.6 Å². The zero-order valence-corrected chi connectivity index (χ0v) is 21.4. The maximum atomic E-state index is 12.9. The lowest BCUT2D eigenvalue weighted by molar-refractivity contribution is -0.137. The Labute approximate surface area is 220 Å². The number of ether oxygens (including phenoxy) is 1. The lowest BCUT2D eigenvalue weighted by atomic mass is 10.1. The molecule has 3 aromatic rings. The van der Waals surface area contributed by atoms with Crippen molar-refractivity contribution in [3.63, 3.8) is 0 Å². The summed E-state index contributed by atoms with van der Waals surface area (Å²) in [5.74, 6) is 0.0371. The Hall–Kier alpha value is -2.87. The van der Waals surface area contributed by atoms with Crippen molar-refractivity contribution in [2.75, 3.05) is 32.7 Å². The van der Waals surface area contributed by atoms with Gasteiger partial charge in [0, 0.05) is 43.3 Å². The third kappa shape index (κ3) is 7.34. The highest BCUT2D eigenvalue weighted by atomic mass is 35.5. The first-order valence-electron chi connectivity index (χ1n) is 12.4.